The third kappa shape index (κ3) is 5.95. The molecule has 10 nitrogen and oxygen atoms in total. The zero-order chi connectivity index (χ0) is 45.2. The van der Waals surface area contributed by atoms with Gasteiger partial charge in [-0.1, -0.05) is 97.1 Å². The van der Waals surface area contributed by atoms with E-state index in [-0.39, 0.29) is 5.71 Å². The fourth-order valence-electron chi connectivity index (χ4n) is 10.1. The van der Waals surface area contributed by atoms with Crippen molar-refractivity contribution in [1.29, 1.82) is 0 Å². The normalized spacial score (nSPS) is 12.1. The Morgan fingerprint density at radius 2 is 0.739 bits per heavy atom. The number of anilines is 6. The topological polar surface area (TPSA) is 110 Å². The summed E-state index contributed by atoms with van der Waals surface area (Å²) in [5, 5.41) is 32.4. The second-order valence-corrected chi connectivity index (χ2v) is 17.5. The molecule has 0 spiro atoms. The van der Waals surface area contributed by atoms with Gasteiger partial charge in [0.15, 0.2) is 22.4 Å². The van der Waals surface area contributed by atoms with E-state index in [0.29, 0.717) is 28.4 Å². The molecule has 0 radical (unpaired) electrons. The van der Waals surface area contributed by atoms with E-state index in [1.165, 1.54) is 10.8 Å². The van der Waals surface area contributed by atoms with Gasteiger partial charge >= 0.3 is 0 Å². The van der Waals surface area contributed by atoms with Gasteiger partial charge < -0.3 is 13.3 Å². The molecule has 69 heavy (non-hydrogen) atoms. The molecule has 15 aromatic rings. The predicted octanol–water partition coefficient (Wildman–Crippen LogP) is 15.9. The lowest BCUT2D eigenvalue weighted by Crippen LogP contribution is -2.14. The van der Waals surface area contributed by atoms with Crippen molar-refractivity contribution in [1.82, 2.24) is 25.4 Å². The monoisotopic (exact) mass is 887 g/mol. The van der Waals surface area contributed by atoms with Crippen LogP contribution < -0.4 is 9.80 Å². The number of fused-ring (bicyclic) bond motifs is 13. The minimum atomic E-state index is 0.274. The zero-order valence-corrected chi connectivity index (χ0v) is 36.4. The summed E-state index contributed by atoms with van der Waals surface area (Å²) in [4.78, 5) is 9.14. The molecule has 10 heteroatoms. The zero-order valence-electron chi connectivity index (χ0n) is 36.4. The van der Waals surface area contributed by atoms with Gasteiger partial charge in [-0.3, -0.25) is 9.80 Å². The molecule has 0 atom stereocenters. The third-order valence-electron chi connectivity index (χ3n) is 13.4. The maximum Gasteiger partial charge on any atom is 0.257 e. The Balaban J connectivity index is 0.887. The number of benzene rings is 10. The van der Waals surface area contributed by atoms with E-state index in [1.54, 1.807) is 0 Å². The summed E-state index contributed by atoms with van der Waals surface area (Å²) in [6.07, 6.45) is 0. The van der Waals surface area contributed by atoms with Gasteiger partial charge in [-0.2, -0.15) is 4.98 Å². The van der Waals surface area contributed by atoms with Crippen LogP contribution in [0.1, 0.15) is 0 Å². The first-order chi connectivity index (χ1) is 34.1. The lowest BCUT2D eigenvalue weighted by molar-refractivity contribution is 0.649. The third-order valence-corrected chi connectivity index (χ3v) is 13.4. The molecule has 5 heterocycles. The molecule has 0 aliphatic heterocycles. The summed E-state index contributed by atoms with van der Waals surface area (Å²) < 4.78 is 19.4. The van der Waals surface area contributed by atoms with Crippen LogP contribution in [0.15, 0.2) is 213 Å². The van der Waals surface area contributed by atoms with Crippen LogP contribution in [0.5, 0.6) is 0 Å². The van der Waals surface area contributed by atoms with Gasteiger partial charge in [0.05, 0.1) is 11.4 Å². The first-order valence-corrected chi connectivity index (χ1v) is 22.7. The summed E-state index contributed by atoms with van der Waals surface area (Å²) in [5.41, 5.74) is 8.10. The van der Waals surface area contributed by atoms with Crippen LogP contribution in [-0.2, 0) is 0 Å². The molecule has 322 valence electrons. The largest absolute Gasteiger partial charge is 0.456 e. The average molecular weight is 888 g/mol. The molecular weight excluding hydrogens is 855 g/mol. The van der Waals surface area contributed by atoms with Gasteiger partial charge in [0.2, 0.25) is 0 Å². The van der Waals surface area contributed by atoms with Crippen LogP contribution >= 0.6 is 0 Å². The molecule has 0 aliphatic rings. The molecule has 10 aromatic carbocycles. The highest BCUT2D eigenvalue weighted by Gasteiger charge is 2.24. The van der Waals surface area contributed by atoms with Crippen molar-refractivity contribution in [2.45, 2.75) is 0 Å². The van der Waals surface area contributed by atoms with Crippen molar-refractivity contribution >= 4 is 144 Å². The molecule has 0 amide bonds. The fraction of sp³-hybridized carbons (Fsp3) is 0. The van der Waals surface area contributed by atoms with Crippen molar-refractivity contribution in [3.8, 4) is 0 Å². The quantitative estimate of drug-likeness (QED) is 0.150. The van der Waals surface area contributed by atoms with Crippen LogP contribution in [0.2, 0.25) is 0 Å². The van der Waals surface area contributed by atoms with Crippen molar-refractivity contribution < 1.29 is 13.3 Å². The van der Waals surface area contributed by atoms with Crippen molar-refractivity contribution in [2.24, 2.45) is 0 Å². The predicted molar refractivity (Wildman–Crippen MR) is 277 cm³/mol. The molecule has 0 fully saturated rings. The van der Waals surface area contributed by atoms with Crippen molar-refractivity contribution in [3.63, 3.8) is 0 Å². The fourth-order valence-corrected chi connectivity index (χ4v) is 10.1. The number of hydrogen-bond acceptors (Lipinski definition) is 10. The minimum absolute atomic E-state index is 0.274. The van der Waals surface area contributed by atoms with Crippen LogP contribution in [0, 0.1) is 0 Å². The number of nitrogens with zero attached hydrogens (tertiary/aromatic N) is 7. The maximum absolute atomic E-state index is 6.63. The first-order valence-electron chi connectivity index (χ1n) is 22.7. The van der Waals surface area contributed by atoms with Gasteiger partial charge in [-0.25, -0.2) is 0 Å². The lowest BCUT2D eigenvalue weighted by atomic mass is 10.0. The SMILES string of the molecule is c1ccc2cc3cc(N(c4ccc5c(c4)oc4ccccc45)c4cc5oc6nc(N(c7ccc8cc9ccccc9cc8c7)c7ccc8c(c7)oc7ccccc78)nnc6c5nn4)ccc3cc2c1. The minimum Gasteiger partial charge on any atom is -0.456 e. The van der Waals surface area contributed by atoms with Gasteiger partial charge in [-0.15, -0.1) is 20.4 Å². The lowest BCUT2D eigenvalue weighted by Gasteiger charge is -2.24. The summed E-state index contributed by atoms with van der Waals surface area (Å²) >= 11 is 0. The van der Waals surface area contributed by atoms with Crippen LogP contribution in [0.3, 0.4) is 0 Å². The molecule has 5 aromatic heterocycles. The molecule has 0 bridgehead atoms. The van der Waals surface area contributed by atoms with Gasteiger partial charge in [0.1, 0.15) is 22.3 Å². The Morgan fingerprint density at radius 3 is 1.33 bits per heavy atom. The van der Waals surface area contributed by atoms with E-state index in [4.69, 9.17) is 38.6 Å². The standard InChI is InChI=1S/C59H33N7O3/c1-3-11-36-27-40-29-42(19-17-38(40)25-34(36)9-1)65(44-21-23-48-46-13-5-7-15-50(46)67-52(48)31-44)55-33-54-56(62-61-55)57-58(69-54)60-59(64-63-57)66(45-22-24-49-47-14-6-8-16-51(47)68-53(49)32-45)43-20-18-39-26-35-10-2-4-12-37(35)28-41(39)30-43/h1-33H. The highest BCUT2D eigenvalue weighted by molar-refractivity contribution is 6.08. The Morgan fingerprint density at radius 1 is 0.290 bits per heavy atom. The maximum atomic E-state index is 6.63. The summed E-state index contributed by atoms with van der Waals surface area (Å²) in [6.45, 7) is 0. The van der Waals surface area contributed by atoms with Crippen LogP contribution in [0.4, 0.5) is 34.5 Å². The number of para-hydroxylation sites is 2. The van der Waals surface area contributed by atoms with Crippen molar-refractivity contribution in [3.05, 3.63) is 200 Å². The number of hydrogen-bond donors (Lipinski definition) is 0. The highest BCUT2D eigenvalue weighted by Crippen LogP contribution is 2.42. The first kappa shape index (κ1) is 37.5. The second kappa shape index (κ2) is 14.4. The van der Waals surface area contributed by atoms with Gasteiger partial charge in [-0.05, 0) is 128 Å². The highest BCUT2D eigenvalue weighted by atomic mass is 16.3. The summed E-state index contributed by atoms with van der Waals surface area (Å²) in [5.74, 6) is 0.851. The van der Waals surface area contributed by atoms with Gasteiger partial charge in [0, 0.05) is 51.1 Å². The Kier molecular flexibility index (Phi) is 7.84. The van der Waals surface area contributed by atoms with E-state index >= 15 is 0 Å². The van der Waals surface area contributed by atoms with Crippen LogP contribution in [-0.4, -0.2) is 25.4 Å². The molecule has 0 N–H and O–H groups in total. The summed E-state index contributed by atoms with van der Waals surface area (Å²) in [7, 11) is 0. The molecule has 0 unspecified atom stereocenters. The molecule has 15 rings (SSSR count). The number of rotatable bonds is 6. The smallest absolute Gasteiger partial charge is 0.257 e. The molecular formula is C59H33N7O3. The summed E-state index contributed by atoms with van der Waals surface area (Å²) in [6, 6.07) is 68.9. The number of furan rings is 3. The van der Waals surface area contributed by atoms with E-state index in [2.05, 4.69) is 157 Å². The average Bonchev–Trinajstić information content (AvgIpc) is 4.08. The van der Waals surface area contributed by atoms with Crippen LogP contribution in [0.25, 0.3) is 109 Å². The van der Waals surface area contributed by atoms with E-state index in [1.807, 2.05) is 53.4 Å². The van der Waals surface area contributed by atoms with Gasteiger partial charge in [0.25, 0.3) is 11.7 Å². The number of aromatic nitrogens is 5. The second-order valence-electron chi connectivity index (χ2n) is 17.5. The Labute approximate surface area is 390 Å². The van der Waals surface area contributed by atoms with E-state index in [0.717, 1.165) is 98.9 Å². The van der Waals surface area contributed by atoms with E-state index in [9.17, 15) is 0 Å². The van der Waals surface area contributed by atoms with E-state index < -0.39 is 0 Å². The Hall–Kier alpha value is -9.67. The Bertz CT molecular complexity index is 4320. The molecule has 0 aliphatic carbocycles. The van der Waals surface area contributed by atoms with Crippen molar-refractivity contribution in [2.75, 3.05) is 9.80 Å². The molecule has 0 saturated heterocycles. The molecule has 0 saturated carbocycles.